The van der Waals surface area contributed by atoms with Gasteiger partial charge in [0.15, 0.2) is 0 Å². The number of hydrogen-bond donors (Lipinski definition) is 2. The highest BCUT2D eigenvalue weighted by atomic mass is 19.1. The van der Waals surface area contributed by atoms with Crippen molar-refractivity contribution in [2.24, 2.45) is 5.73 Å². The van der Waals surface area contributed by atoms with E-state index in [0.29, 0.717) is 5.56 Å². The molecule has 0 unspecified atom stereocenters. The van der Waals surface area contributed by atoms with Gasteiger partial charge in [0.05, 0.1) is 11.3 Å². The number of nitrogens with two attached hydrogens (primary N) is 1. The summed E-state index contributed by atoms with van der Waals surface area (Å²) in [7, 11) is 0. The lowest BCUT2D eigenvalue weighted by atomic mass is 10.0. The Labute approximate surface area is 142 Å². The fourth-order valence-electron chi connectivity index (χ4n) is 2.38. The molecule has 0 heterocycles. The Bertz CT molecular complexity index is 810. The molecule has 2 aromatic rings. The molecule has 0 aliphatic rings. The predicted molar refractivity (Wildman–Crippen MR) is 88.0 cm³/mol. The van der Waals surface area contributed by atoms with Crippen LogP contribution in [-0.2, 0) is 22.4 Å². The molecule has 3 N–H and O–H groups in total. The van der Waals surface area contributed by atoms with Crippen molar-refractivity contribution < 1.29 is 18.9 Å². The summed E-state index contributed by atoms with van der Waals surface area (Å²) in [6.45, 7) is 0. The standard InChI is InChI=1S/C17H16FN3O4/c18-13-6-3-4-11(8-13)9-16(22)20-14(17(19)23)10-12-5-1-2-7-15(12)21(24)25/h1-8,14H,9-10H2,(H2,19,23)(H,20,22)/t14-/m0/s1. The van der Waals surface area contributed by atoms with Crippen molar-refractivity contribution in [3.05, 3.63) is 75.6 Å². The first-order valence-corrected chi connectivity index (χ1v) is 7.42. The van der Waals surface area contributed by atoms with Gasteiger partial charge in [0, 0.05) is 18.1 Å². The fourth-order valence-corrected chi connectivity index (χ4v) is 2.38. The van der Waals surface area contributed by atoms with E-state index in [-0.39, 0.29) is 24.1 Å². The highest BCUT2D eigenvalue weighted by Crippen LogP contribution is 2.19. The van der Waals surface area contributed by atoms with Gasteiger partial charge < -0.3 is 11.1 Å². The molecule has 7 nitrogen and oxygen atoms in total. The van der Waals surface area contributed by atoms with Crippen molar-refractivity contribution >= 4 is 17.5 Å². The van der Waals surface area contributed by atoms with E-state index in [4.69, 9.17) is 5.73 Å². The molecule has 2 aromatic carbocycles. The summed E-state index contributed by atoms with van der Waals surface area (Å²) < 4.78 is 13.1. The topological polar surface area (TPSA) is 115 Å². The number of nitrogens with one attached hydrogen (secondary N) is 1. The Hall–Kier alpha value is -3.29. The lowest BCUT2D eigenvalue weighted by molar-refractivity contribution is -0.385. The molecular formula is C17H16FN3O4. The third kappa shape index (κ3) is 5.10. The average molecular weight is 345 g/mol. The van der Waals surface area contributed by atoms with Crippen molar-refractivity contribution in [3.63, 3.8) is 0 Å². The van der Waals surface area contributed by atoms with Crippen LogP contribution in [0, 0.1) is 15.9 Å². The van der Waals surface area contributed by atoms with E-state index in [1.54, 1.807) is 12.1 Å². The first-order chi connectivity index (χ1) is 11.9. The van der Waals surface area contributed by atoms with Crippen molar-refractivity contribution in [2.75, 3.05) is 0 Å². The molecule has 8 heteroatoms. The number of hydrogen-bond acceptors (Lipinski definition) is 4. The van der Waals surface area contributed by atoms with Gasteiger partial charge >= 0.3 is 0 Å². The van der Waals surface area contributed by atoms with Gasteiger partial charge in [-0.3, -0.25) is 19.7 Å². The van der Waals surface area contributed by atoms with E-state index in [9.17, 15) is 24.1 Å². The van der Waals surface area contributed by atoms with Crippen LogP contribution in [-0.4, -0.2) is 22.8 Å². The molecule has 25 heavy (non-hydrogen) atoms. The first kappa shape index (κ1) is 18.1. The van der Waals surface area contributed by atoms with Gasteiger partial charge in [-0.2, -0.15) is 0 Å². The van der Waals surface area contributed by atoms with Crippen molar-refractivity contribution in [1.29, 1.82) is 0 Å². The summed E-state index contributed by atoms with van der Waals surface area (Å²) in [6, 6.07) is 10.3. The minimum Gasteiger partial charge on any atom is -0.368 e. The van der Waals surface area contributed by atoms with E-state index < -0.39 is 28.6 Å². The maximum Gasteiger partial charge on any atom is 0.272 e. The van der Waals surface area contributed by atoms with Gasteiger partial charge in [-0.05, 0) is 17.7 Å². The van der Waals surface area contributed by atoms with Crippen molar-refractivity contribution in [2.45, 2.75) is 18.9 Å². The zero-order valence-corrected chi connectivity index (χ0v) is 13.1. The van der Waals surface area contributed by atoms with E-state index in [2.05, 4.69) is 5.32 Å². The highest BCUT2D eigenvalue weighted by Gasteiger charge is 2.23. The van der Waals surface area contributed by atoms with E-state index >= 15 is 0 Å². The van der Waals surface area contributed by atoms with E-state index in [1.165, 1.54) is 36.4 Å². The number of para-hydroxylation sites is 1. The number of amides is 2. The molecule has 2 amide bonds. The molecule has 130 valence electrons. The minimum atomic E-state index is -1.11. The van der Waals surface area contributed by atoms with Crippen LogP contribution in [0.25, 0.3) is 0 Å². The van der Waals surface area contributed by atoms with Crippen LogP contribution < -0.4 is 11.1 Å². The Kier molecular flexibility index (Phi) is 5.78. The van der Waals surface area contributed by atoms with Crippen molar-refractivity contribution in [3.8, 4) is 0 Å². The number of halogens is 1. The molecule has 0 aromatic heterocycles. The van der Waals surface area contributed by atoms with Crippen LogP contribution in [0.5, 0.6) is 0 Å². The molecule has 2 rings (SSSR count). The second-order valence-electron chi connectivity index (χ2n) is 5.42. The molecular weight excluding hydrogens is 329 g/mol. The molecule has 0 bridgehead atoms. The first-order valence-electron chi connectivity index (χ1n) is 7.42. The van der Waals surface area contributed by atoms with Crippen LogP contribution in [0.1, 0.15) is 11.1 Å². The normalized spacial score (nSPS) is 11.6. The van der Waals surface area contributed by atoms with Gasteiger partial charge in [-0.1, -0.05) is 30.3 Å². The summed E-state index contributed by atoms with van der Waals surface area (Å²) in [5.41, 5.74) is 5.85. The molecule has 0 aliphatic carbocycles. The van der Waals surface area contributed by atoms with Gasteiger partial charge in [0.25, 0.3) is 5.69 Å². The van der Waals surface area contributed by atoms with Gasteiger partial charge in [-0.15, -0.1) is 0 Å². The summed E-state index contributed by atoms with van der Waals surface area (Å²) >= 11 is 0. The quantitative estimate of drug-likeness (QED) is 0.584. The maximum atomic E-state index is 13.1. The largest absolute Gasteiger partial charge is 0.368 e. The van der Waals surface area contributed by atoms with Crippen LogP contribution in [0.4, 0.5) is 10.1 Å². The smallest absolute Gasteiger partial charge is 0.272 e. The summed E-state index contributed by atoms with van der Waals surface area (Å²) in [5, 5.41) is 13.5. The zero-order valence-electron chi connectivity index (χ0n) is 13.1. The molecule has 0 radical (unpaired) electrons. The number of nitro benzene ring substituents is 1. The highest BCUT2D eigenvalue weighted by molar-refractivity contribution is 5.87. The fraction of sp³-hybridized carbons (Fsp3) is 0.176. The third-order valence-electron chi connectivity index (χ3n) is 3.54. The summed E-state index contributed by atoms with van der Waals surface area (Å²) in [4.78, 5) is 34.1. The third-order valence-corrected chi connectivity index (χ3v) is 3.54. The van der Waals surface area contributed by atoms with Crippen LogP contribution in [0.15, 0.2) is 48.5 Å². The molecule has 0 aliphatic heterocycles. The Morgan fingerprint density at radius 1 is 1.20 bits per heavy atom. The Balaban J connectivity index is 2.10. The van der Waals surface area contributed by atoms with Gasteiger partial charge in [0.2, 0.25) is 11.8 Å². The predicted octanol–water partition coefficient (Wildman–Crippen LogP) is 1.49. The lowest BCUT2D eigenvalue weighted by Crippen LogP contribution is -2.46. The SMILES string of the molecule is NC(=O)[C@H](Cc1ccccc1[N+](=O)[O-])NC(=O)Cc1cccc(F)c1. The monoisotopic (exact) mass is 345 g/mol. The van der Waals surface area contributed by atoms with Gasteiger partial charge in [-0.25, -0.2) is 4.39 Å². The number of benzene rings is 2. The number of nitro groups is 1. The van der Waals surface area contributed by atoms with Crippen molar-refractivity contribution in [1.82, 2.24) is 5.32 Å². The molecule has 0 saturated carbocycles. The molecule has 1 atom stereocenters. The van der Waals surface area contributed by atoms with Crippen LogP contribution in [0.3, 0.4) is 0 Å². The number of carbonyl (C=O) groups is 2. The van der Waals surface area contributed by atoms with E-state index in [1.807, 2.05) is 0 Å². The second-order valence-corrected chi connectivity index (χ2v) is 5.42. The molecule has 0 saturated heterocycles. The lowest BCUT2D eigenvalue weighted by Gasteiger charge is -2.15. The average Bonchev–Trinajstić information content (AvgIpc) is 2.54. The summed E-state index contributed by atoms with van der Waals surface area (Å²) in [6.07, 6.45) is -0.250. The maximum absolute atomic E-state index is 13.1. The Morgan fingerprint density at radius 3 is 2.56 bits per heavy atom. The second kappa shape index (κ2) is 8.00. The molecule has 0 fully saturated rings. The van der Waals surface area contributed by atoms with E-state index in [0.717, 1.165) is 0 Å². The number of carbonyl (C=O) groups excluding carboxylic acids is 2. The number of rotatable bonds is 7. The van der Waals surface area contributed by atoms with Crippen LogP contribution in [0.2, 0.25) is 0 Å². The number of primary amides is 1. The number of nitrogens with zero attached hydrogens (tertiary/aromatic N) is 1. The minimum absolute atomic E-state index is 0.110. The van der Waals surface area contributed by atoms with Crippen LogP contribution >= 0.6 is 0 Å². The Morgan fingerprint density at radius 2 is 1.92 bits per heavy atom. The zero-order chi connectivity index (χ0) is 18.4. The molecule has 0 spiro atoms. The van der Waals surface area contributed by atoms with Gasteiger partial charge in [0.1, 0.15) is 11.9 Å². The summed E-state index contributed by atoms with van der Waals surface area (Å²) in [5.74, 6) is -1.82.